The third-order valence-electron chi connectivity index (χ3n) is 4.05. The summed E-state index contributed by atoms with van der Waals surface area (Å²) in [5.74, 6) is 0.913. The molecule has 0 unspecified atom stereocenters. The molecule has 4 nitrogen and oxygen atoms in total. The summed E-state index contributed by atoms with van der Waals surface area (Å²) < 4.78 is 5.80. The molecule has 0 radical (unpaired) electrons. The van der Waals surface area contributed by atoms with E-state index in [1.165, 1.54) is 5.57 Å². The highest BCUT2D eigenvalue weighted by atomic mass is 35.5. The van der Waals surface area contributed by atoms with E-state index in [1.807, 2.05) is 18.2 Å². The summed E-state index contributed by atoms with van der Waals surface area (Å²) in [4.78, 5) is 4.75. The average molecular weight is 309 g/mol. The summed E-state index contributed by atoms with van der Waals surface area (Å²) in [6, 6.07) is 5.74. The number of halogens is 1. The van der Waals surface area contributed by atoms with Gasteiger partial charge in [0.2, 0.25) is 0 Å². The van der Waals surface area contributed by atoms with Crippen molar-refractivity contribution in [3.63, 3.8) is 0 Å². The topological polar surface area (TPSA) is 35.9 Å². The van der Waals surface area contributed by atoms with E-state index in [1.54, 1.807) is 0 Å². The number of hydrogen-bond donors (Lipinski definition) is 1. The Bertz CT molecular complexity index is 525. The molecule has 3 rings (SSSR count). The number of β-amino-alcohol motifs (C(OH)–C–C–N with tert-alkyl or cyclic N) is 1. The standard InChI is InChI=1S/C16H21ClN2O2/c17-15-1-2-16-14(10-15)9-13(12-21-16)11-19-5-3-18(4-6-19)7-8-20/h1-2,9-10,20H,3-8,11-12H2. The van der Waals surface area contributed by atoms with E-state index < -0.39 is 0 Å². The minimum atomic E-state index is 0.247. The normalized spacial score (nSPS) is 19.8. The molecule has 0 bridgehead atoms. The number of nitrogens with zero attached hydrogens (tertiary/aromatic N) is 2. The Balaban J connectivity index is 1.59. The molecule has 2 aliphatic rings. The lowest BCUT2D eigenvalue weighted by atomic mass is 10.1. The first-order chi connectivity index (χ1) is 10.2. The smallest absolute Gasteiger partial charge is 0.127 e. The van der Waals surface area contributed by atoms with Crippen LogP contribution >= 0.6 is 11.6 Å². The van der Waals surface area contributed by atoms with Gasteiger partial charge in [0, 0.05) is 49.9 Å². The second-order valence-electron chi connectivity index (χ2n) is 5.61. The van der Waals surface area contributed by atoms with Crippen LogP contribution in [0.4, 0.5) is 0 Å². The van der Waals surface area contributed by atoms with Gasteiger partial charge in [0.15, 0.2) is 0 Å². The van der Waals surface area contributed by atoms with Gasteiger partial charge in [-0.05, 0) is 29.8 Å². The van der Waals surface area contributed by atoms with Crippen molar-refractivity contribution in [2.75, 3.05) is 52.5 Å². The van der Waals surface area contributed by atoms with Crippen molar-refractivity contribution in [3.05, 3.63) is 34.4 Å². The number of fused-ring (bicyclic) bond motifs is 1. The summed E-state index contributed by atoms with van der Waals surface area (Å²) in [6.45, 7) is 6.76. The van der Waals surface area contributed by atoms with Gasteiger partial charge in [-0.3, -0.25) is 9.80 Å². The summed E-state index contributed by atoms with van der Waals surface area (Å²) in [7, 11) is 0. The van der Waals surface area contributed by atoms with Crippen LogP contribution in [0.15, 0.2) is 23.8 Å². The third kappa shape index (κ3) is 3.77. The molecular weight excluding hydrogens is 288 g/mol. The number of ether oxygens (including phenoxy) is 1. The first kappa shape index (κ1) is 14.9. The first-order valence-corrected chi connectivity index (χ1v) is 7.80. The van der Waals surface area contributed by atoms with Crippen LogP contribution in [0.2, 0.25) is 5.02 Å². The van der Waals surface area contributed by atoms with Gasteiger partial charge in [-0.25, -0.2) is 0 Å². The zero-order valence-corrected chi connectivity index (χ0v) is 12.9. The number of piperazine rings is 1. The molecule has 2 heterocycles. The zero-order valence-electron chi connectivity index (χ0n) is 12.1. The predicted molar refractivity (Wildman–Crippen MR) is 84.9 cm³/mol. The van der Waals surface area contributed by atoms with E-state index in [0.29, 0.717) is 6.61 Å². The third-order valence-corrected chi connectivity index (χ3v) is 4.29. The van der Waals surface area contributed by atoms with Gasteiger partial charge < -0.3 is 9.84 Å². The molecule has 0 saturated carbocycles. The van der Waals surface area contributed by atoms with Gasteiger partial charge in [-0.2, -0.15) is 0 Å². The number of benzene rings is 1. The van der Waals surface area contributed by atoms with Crippen molar-refractivity contribution in [2.24, 2.45) is 0 Å². The van der Waals surface area contributed by atoms with E-state index in [9.17, 15) is 0 Å². The Morgan fingerprint density at radius 2 is 1.90 bits per heavy atom. The maximum Gasteiger partial charge on any atom is 0.127 e. The Hall–Kier alpha value is -1.07. The monoisotopic (exact) mass is 308 g/mol. The van der Waals surface area contributed by atoms with Gasteiger partial charge in [-0.1, -0.05) is 11.6 Å². The van der Waals surface area contributed by atoms with Gasteiger partial charge >= 0.3 is 0 Å². The highest BCUT2D eigenvalue weighted by Gasteiger charge is 2.19. The van der Waals surface area contributed by atoms with Gasteiger partial charge in [-0.15, -0.1) is 0 Å². The fourth-order valence-corrected chi connectivity index (χ4v) is 3.07. The molecular formula is C16H21ClN2O2. The molecule has 114 valence electrons. The molecule has 0 aromatic heterocycles. The van der Waals surface area contributed by atoms with E-state index >= 15 is 0 Å². The van der Waals surface area contributed by atoms with E-state index in [0.717, 1.165) is 55.6 Å². The van der Waals surface area contributed by atoms with Crippen molar-refractivity contribution in [2.45, 2.75) is 0 Å². The van der Waals surface area contributed by atoms with Crippen LogP contribution < -0.4 is 4.74 Å². The lowest BCUT2D eigenvalue weighted by Gasteiger charge is -2.35. The van der Waals surface area contributed by atoms with E-state index in [2.05, 4.69) is 15.9 Å². The second kappa shape index (κ2) is 6.79. The van der Waals surface area contributed by atoms with Crippen molar-refractivity contribution in [3.8, 4) is 5.75 Å². The number of rotatable bonds is 4. The molecule has 1 fully saturated rings. The molecule has 0 atom stereocenters. The Kier molecular flexibility index (Phi) is 4.80. The van der Waals surface area contributed by atoms with Crippen molar-refractivity contribution in [1.29, 1.82) is 0 Å². The number of aliphatic hydroxyl groups excluding tert-OH is 1. The Morgan fingerprint density at radius 1 is 1.14 bits per heavy atom. The predicted octanol–water partition coefficient (Wildman–Crippen LogP) is 1.73. The number of hydrogen-bond acceptors (Lipinski definition) is 4. The molecule has 0 aliphatic carbocycles. The Morgan fingerprint density at radius 3 is 2.67 bits per heavy atom. The molecule has 0 spiro atoms. The van der Waals surface area contributed by atoms with Crippen LogP contribution in [-0.4, -0.2) is 67.4 Å². The maximum atomic E-state index is 8.97. The molecule has 21 heavy (non-hydrogen) atoms. The lowest BCUT2D eigenvalue weighted by molar-refractivity contribution is 0.117. The summed E-state index contributed by atoms with van der Waals surface area (Å²) in [5, 5.41) is 9.71. The fourth-order valence-electron chi connectivity index (χ4n) is 2.89. The van der Waals surface area contributed by atoms with Gasteiger partial charge in [0.1, 0.15) is 12.4 Å². The van der Waals surface area contributed by atoms with E-state index in [-0.39, 0.29) is 6.61 Å². The van der Waals surface area contributed by atoms with Crippen LogP contribution in [0, 0.1) is 0 Å². The summed E-state index contributed by atoms with van der Waals surface area (Å²) in [6.07, 6.45) is 2.20. The van der Waals surface area contributed by atoms with Gasteiger partial charge in [0.25, 0.3) is 0 Å². The van der Waals surface area contributed by atoms with Crippen molar-refractivity contribution >= 4 is 17.7 Å². The van der Waals surface area contributed by atoms with Crippen molar-refractivity contribution in [1.82, 2.24) is 9.80 Å². The van der Waals surface area contributed by atoms with Crippen LogP contribution in [0.1, 0.15) is 5.56 Å². The molecule has 2 aliphatic heterocycles. The van der Waals surface area contributed by atoms with E-state index in [4.69, 9.17) is 21.4 Å². The van der Waals surface area contributed by atoms with Gasteiger partial charge in [0.05, 0.1) is 6.61 Å². The zero-order chi connectivity index (χ0) is 14.7. The van der Waals surface area contributed by atoms with Crippen molar-refractivity contribution < 1.29 is 9.84 Å². The molecule has 0 amide bonds. The quantitative estimate of drug-likeness (QED) is 0.919. The summed E-state index contributed by atoms with van der Waals surface area (Å²) >= 11 is 6.04. The largest absolute Gasteiger partial charge is 0.489 e. The summed E-state index contributed by atoms with van der Waals surface area (Å²) in [5.41, 5.74) is 2.36. The second-order valence-corrected chi connectivity index (χ2v) is 6.05. The SMILES string of the molecule is OCCN1CCN(CC2=Cc3cc(Cl)ccc3OC2)CC1. The maximum absolute atomic E-state index is 8.97. The minimum Gasteiger partial charge on any atom is -0.489 e. The highest BCUT2D eigenvalue weighted by Crippen LogP contribution is 2.29. The Labute approximate surface area is 130 Å². The van der Waals surface area contributed by atoms with Crippen LogP contribution in [0.25, 0.3) is 6.08 Å². The molecule has 1 saturated heterocycles. The fraction of sp³-hybridized carbons (Fsp3) is 0.500. The molecule has 1 N–H and O–H groups in total. The highest BCUT2D eigenvalue weighted by molar-refractivity contribution is 6.30. The van der Waals surface area contributed by atoms with Crippen LogP contribution in [-0.2, 0) is 0 Å². The van der Waals surface area contributed by atoms with Crippen LogP contribution in [0.5, 0.6) is 5.75 Å². The van der Waals surface area contributed by atoms with Crippen LogP contribution in [0.3, 0.4) is 0 Å². The number of aliphatic hydroxyl groups is 1. The minimum absolute atomic E-state index is 0.247. The first-order valence-electron chi connectivity index (χ1n) is 7.42. The molecule has 1 aromatic rings. The molecule has 1 aromatic carbocycles. The lowest BCUT2D eigenvalue weighted by Crippen LogP contribution is -2.47. The molecule has 5 heteroatoms. The average Bonchev–Trinajstić information content (AvgIpc) is 2.49.